The number of halogens is 3. The van der Waals surface area contributed by atoms with E-state index in [9.17, 15) is 13.2 Å². The quantitative estimate of drug-likeness (QED) is 0.840. The highest BCUT2D eigenvalue weighted by molar-refractivity contribution is 5.40. The minimum Gasteiger partial charge on any atom is -0.399 e. The summed E-state index contributed by atoms with van der Waals surface area (Å²) in [6, 6.07) is 7.80. The van der Waals surface area contributed by atoms with Gasteiger partial charge in [-0.3, -0.25) is 0 Å². The number of rotatable bonds is 3. The highest BCUT2D eigenvalue weighted by atomic mass is 19.4. The van der Waals surface area contributed by atoms with Crippen molar-refractivity contribution in [2.24, 2.45) is 0 Å². The predicted molar refractivity (Wildman–Crippen MR) is 65.2 cm³/mol. The molecule has 1 aromatic carbocycles. The highest BCUT2D eigenvalue weighted by Crippen LogP contribution is 2.27. The summed E-state index contributed by atoms with van der Waals surface area (Å²) in [4.78, 5) is 7.14. The molecule has 1 aromatic heterocycles. The van der Waals surface area contributed by atoms with Gasteiger partial charge in [-0.15, -0.1) is 0 Å². The van der Waals surface area contributed by atoms with Gasteiger partial charge in [0.05, 0.1) is 0 Å². The van der Waals surface area contributed by atoms with Crippen molar-refractivity contribution in [3.63, 3.8) is 0 Å². The smallest absolute Gasteiger partial charge is 0.399 e. The number of nitrogens with one attached hydrogen (secondary N) is 1. The van der Waals surface area contributed by atoms with Crippen LogP contribution < -0.4 is 11.1 Å². The van der Waals surface area contributed by atoms with E-state index >= 15 is 0 Å². The third-order valence-corrected chi connectivity index (χ3v) is 2.38. The third-order valence-electron chi connectivity index (χ3n) is 2.38. The lowest BCUT2D eigenvalue weighted by Gasteiger charge is -2.08. The van der Waals surface area contributed by atoms with Crippen LogP contribution in [0.1, 0.15) is 11.3 Å². The number of hydrogen-bond acceptors (Lipinski definition) is 4. The molecule has 0 spiro atoms. The Morgan fingerprint density at radius 1 is 1.11 bits per heavy atom. The first-order valence-corrected chi connectivity index (χ1v) is 5.44. The van der Waals surface area contributed by atoms with Crippen LogP contribution in [0.3, 0.4) is 0 Å². The molecule has 4 nitrogen and oxygen atoms in total. The van der Waals surface area contributed by atoms with Crippen molar-refractivity contribution in [3.05, 3.63) is 47.8 Å². The fourth-order valence-corrected chi connectivity index (χ4v) is 1.42. The van der Waals surface area contributed by atoms with Crippen molar-refractivity contribution in [2.45, 2.75) is 12.7 Å². The summed E-state index contributed by atoms with van der Waals surface area (Å²) in [7, 11) is 0. The fraction of sp³-hybridized carbons (Fsp3) is 0.167. The average Bonchev–Trinajstić information content (AvgIpc) is 2.37. The van der Waals surface area contributed by atoms with E-state index in [1.165, 1.54) is 0 Å². The van der Waals surface area contributed by atoms with Gasteiger partial charge in [-0.1, -0.05) is 12.1 Å². The van der Waals surface area contributed by atoms with Crippen molar-refractivity contribution in [1.29, 1.82) is 0 Å². The maximum absolute atomic E-state index is 12.4. The molecule has 0 amide bonds. The summed E-state index contributed by atoms with van der Waals surface area (Å²) in [5, 5.41) is 2.73. The van der Waals surface area contributed by atoms with Crippen LogP contribution in [0.15, 0.2) is 36.5 Å². The van der Waals surface area contributed by atoms with Crippen LogP contribution in [0.2, 0.25) is 0 Å². The summed E-state index contributed by atoms with van der Waals surface area (Å²) >= 11 is 0. The minimum atomic E-state index is -4.47. The average molecular weight is 268 g/mol. The predicted octanol–water partition coefficient (Wildman–Crippen LogP) is 2.69. The molecule has 0 saturated heterocycles. The van der Waals surface area contributed by atoms with E-state index in [-0.39, 0.29) is 5.95 Å². The Bertz CT molecular complexity index is 552. The van der Waals surface area contributed by atoms with Crippen molar-refractivity contribution in [2.75, 3.05) is 11.1 Å². The van der Waals surface area contributed by atoms with Crippen molar-refractivity contribution in [1.82, 2.24) is 9.97 Å². The Balaban J connectivity index is 2.05. The van der Waals surface area contributed by atoms with E-state index in [4.69, 9.17) is 5.73 Å². The van der Waals surface area contributed by atoms with Crippen LogP contribution in [0.4, 0.5) is 24.8 Å². The molecule has 2 rings (SSSR count). The SMILES string of the molecule is Nc1ccc(CNc2nccc(C(F)(F)F)n2)cc1. The van der Waals surface area contributed by atoms with Gasteiger partial charge in [0.2, 0.25) is 5.95 Å². The lowest BCUT2D eigenvalue weighted by molar-refractivity contribution is -0.141. The maximum Gasteiger partial charge on any atom is 0.433 e. The van der Waals surface area contributed by atoms with Gasteiger partial charge in [0, 0.05) is 18.4 Å². The summed E-state index contributed by atoms with van der Waals surface area (Å²) in [6.07, 6.45) is -3.40. The van der Waals surface area contributed by atoms with Gasteiger partial charge in [0.25, 0.3) is 0 Å². The normalized spacial score (nSPS) is 11.3. The molecule has 0 aliphatic carbocycles. The summed E-state index contributed by atoms with van der Waals surface area (Å²) in [5.41, 5.74) is 6.06. The van der Waals surface area contributed by atoms with Gasteiger partial charge < -0.3 is 11.1 Å². The third kappa shape index (κ3) is 3.57. The summed E-state index contributed by atoms with van der Waals surface area (Å²) in [5.74, 6) is -0.0633. The zero-order chi connectivity index (χ0) is 13.9. The molecular formula is C12H11F3N4. The second-order valence-corrected chi connectivity index (χ2v) is 3.86. The number of aromatic nitrogens is 2. The van der Waals surface area contributed by atoms with Crippen LogP contribution in [-0.2, 0) is 12.7 Å². The fourth-order valence-electron chi connectivity index (χ4n) is 1.42. The Kier molecular flexibility index (Phi) is 3.55. The number of nitrogens with two attached hydrogens (primary N) is 1. The van der Waals surface area contributed by atoms with Crippen LogP contribution in [0.25, 0.3) is 0 Å². The zero-order valence-electron chi connectivity index (χ0n) is 9.78. The van der Waals surface area contributed by atoms with E-state index in [0.29, 0.717) is 12.2 Å². The van der Waals surface area contributed by atoms with Crippen molar-refractivity contribution < 1.29 is 13.2 Å². The molecule has 100 valence electrons. The van der Waals surface area contributed by atoms with E-state index < -0.39 is 11.9 Å². The Morgan fingerprint density at radius 3 is 2.42 bits per heavy atom. The molecule has 0 aliphatic rings. The van der Waals surface area contributed by atoms with Crippen LogP contribution in [0, 0.1) is 0 Å². The summed E-state index contributed by atoms with van der Waals surface area (Å²) in [6.45, 7) is 0.321. The van der Waals surface area contributed by atoms with Crippen LogP contribution >= 0.6 is 0 Å². The molecule has 0 unspecified atom stereocenters. The molecule has 0 atom stereocenters. The molecule has 0 aliphatic heterocycles. The van der Waals surface area contributed by atoms with Crippen LogP contribution in [0.5, 0.6) is 0 Å². The Hall–Kier alpha value is -2.31. The Labute approximate surface area is 107 Å². The van der Waals surface area contributed by atoms with Gasteiger partial charge in [-0.25, -0.2) is 9.97 Å². The van der Waals surface area contributed by atoms with E-state index in [1.807, 2.05) is 0 Å². The molecule has 0 bridgehead atoms. The molecule has 19 heavy (non-hydrogen) atoms. The van der Waals surface area contributed by atoms with E-state index in [2.05, 4.69) is 15.3 Å². The monoisotopic (exact) mass is 268 g/mol. The molecule has 0 fully saturated rings. The van der Waals surface area contributed by atoms with Gasteiger partial charge in [0.1, 0.15) is 5.69 Å². The molecule has 1 heterocycles. The van der Waals surface area contributed by atoms with Gasteiger partial charge in [-0.2, -0.15) is 13.2 Å². The molecule has 3 N–H and O–H groups in total. The first-order chi connectivity index (χ1) is 8.95. The molecule has 7 heteroatoms. The summed E-state index contributed by atoms with van der Waals surface area (Å²) < 4.78 is 37.3. The second kappa shape index (κ2) is 5.13. The van der Waals surface area contributed by atoms with Crippen molar-refractivity contribution >= 4 is 11.6 Å². The second-order valence-electron chi connectivity index (χ2n) is 3.86. The topological polar surface area (TPSA) is 63.8 Å². The lowest BCUT2D eigenvalue weighted by Crippen LogP contribution is -2.11. The molecular weight excluding hydrogens is 257 g/mol. The molecule has 0 radical (unpaired) electrons. The zero-order valence-corrected chi connectivity index (χ0v) is 9.78. The number of nitrogen functional groups attached to an aromatic ring is 1. The number of alkyl halides is 3. The maximum atomic E-state index is 12.4. The Morgan fingerprint density at radius 2 is 1.79 bits per heavy atom. The molecule has 0 saturated carbocycles. The first-order valence-electron chi connectivity index (χ1n) is 5.44. The standard InChI is InChI=1S/C12H11F3N4/c13-12(14,15)10-5-6-17-11(19-10)18-7-8-1-3-9(16)4-2-8/h1-6H,7,16H2,(H,17,18,19). The van der Waals surface area contributed by atoms with E-state index in [1.54, 1.807) is 24.3 Å². The minimum absolute atomic E-state index is 0.0633. The molecule has 2 aromatic rings. The van der Waals surface area contributed by atoms with Crippen LogP contribution in [-0.4, -0.2) is 9.97 Å². The number of benzene rings is 1. The largest absolute Gasteiger partial charge is 0.433 e. The van der Waals surface area contributed by atoms with Gasteiger partial charge >= 0.3 is 6.18 Å². The van der Waals surface area contributed by atoms with E-state index in [0.717, 1.165) is 17.8 Å². The van der Waals surface area contributed by atoms with Gasteiger partial charge in [-0.05, 0) is 23.8 Å². The first kappa shape index (κ1) is 13.1. The number of anilines is 2. The number of hydrogen-bond donors (Lipinski definition) is 2. The lowest BCUT2D eigenvalue weighted by atomic mass is 10.2. The van der Waals surface area contributed by atoms with Gasteiger partial charge in [0.15, 0.2) is 0 Å². The van der Waals surface area contributed by atoms with Crippen molar-refractivity contribution in [3.8, 4) is 0 Å². The number of nitrogens with zero attached hydrogens (tertiary/aromatic N) is 2. The highest BCUT2D eigenvalue weighted by Gasteiger charge is 2.32.